The van der Waals surface area contributed by atoms with E-state index in [-0.39, 0.29) is 0 Å². The maximum Gasteiger partial charge on any atom is 0.00183 e. The van der Waals surface area contributed by atoms with E-state index in [1.54, 1.807) is 0 Å². The van der Waals surface area contributed by atoms with Crippen molar-refractivity contribution in [1.29, 1.82) is 0 Å². The summed E-state index contributed by atoms with van der Waals surface area (Å²) < 4.78 is 0. The van der Waals surface area contributed by atoms with Crippen LogP contribution in [0.1, 0.15) is 39.0 Å². The van der Waals surface area contributed by atoms with Crippen LogP contribution in [0.4, 0.5) is 0 Å². The summed E-state index contributed by atoms with van der Waals surface area (Å²) in [5.74, 6) is 3.67. The Hall–Kier alpha value is 0.310. The van der Waals surface area contributed by atoms with E-state index >= 15 is 0 Å². The first kappa shape index (κ1) is 10.4. The minimum Gasteiger partial charge on any atom is -0.328 e. The number of thioether (sulfide) groups is 1. The van der Waals surface area contributed by atoms with Gasteiger partial charge in [0.05, 0.1) is 0 Å². The normalized spacial score (nSPS) is 21.5. The van der Waals surface area contributed by atoms with Gasteiger partial charge in [-0.05, 0) is 43.6 Å². The average Bonchev–Trinajstić information content (AvgIpc) is 2.49. The van der Waals surface area contributed by atoms with Crippen LogP contribution in [0, 0.1) is 5.92 Å². The van der Waals surface area contributed by atoms with Crippen LogP contribution in [0.5, 0.6) is 0 Å². The second kappa shape index (κ2) is 5.87. The Morgan fingerprint density at radius 3 is 2.67 bits per heavy atom. The molecule has 0 aliphatic heterocycles. The Bertz CT molecular complexity index is 108. The molecule has 0 spiro atoms. The molecule has 0 aromatic carbocycles. The van der Waals surface area contributed by atoms with Gasteiger partial charge in [0, 0.05) is 6.04 Å². The third-order valence-electron chi connectivity index (χ3n) is 2.55. The Morgan fingerprint density at radius 1 is 1.42 bits per heavy atom. The van der Waals surface area contributed by atoms with Gasteiger partial charge >= 0.3 is 0 Å². The van der Waals surface area contributed by atoms with Crippen molar-refractivity contribution in [2.24, 2.45) is 11.7 Å². The summed E-state index contributed by atoms with van der Waals surface area (Å²) in [5, 5.41) is 0. The molecule has 1 fully saturated rings. The summed E-state index contributed by atoms with van der Waals surface area (Å²) in [7, 11) is 0. The SMILES string of the molecule is CC(N)CCSCC1CCCC1. The van der Waals surface area contributed by atoms with E-state index < -0.39 is 0 Å². The lowest BCUT2D eigenvalue weighted by molar-refractivity contribution is 0.622. The summed E-state index contributed by atoms with van der Waals surface area (Å²) in [6.07, 6.45) is 7.07. The zero-order chi connectivity index (χ0) is 8.81. The van der Waals surface area contributed by atoms with E-state index in [1.807, 2.05) is 0 Å². The monoisotopic (exact) mass is 187 g/mol. The van der Waals surface area contributed by atoms with Gasteiger partial charge < -0.3 is 5.73 Å². The van der Waals surface area contributed by atoms with Gasteiger partial charge in [0.25, 0.3) is 0 Å². The van der Waals surface area contributed by atoms with Gasteiger partial charge in [0.2, 0.25) is 0 Å². The number of rotatable bonds is 5. The molecule has 1 atom stereocenters. The van der Waals surface area contributed by atoms with Crippen LogP contribution < -0.4 is 5.73 Å². The Kier molecular flexibility index (Phi) is 5.08. The third-order valence-corrected chi connectivity index (χ3v) is 3.78. The van der Waals surface area contributed by atoms with Crippen molar-refractivity contribution < 1.29 is 0 Å². The van der Waals surface area contributed by atoms with Gasteiger partial charge in [-0.2, -0.15) is 11.8 Å². The molecule has 12 heavy (non-hydrogen) atoms. The fourth-order valence-electron chi connectivity index (χ4n) is 1.70. The lowest BCUT2D eigenvalue weighted by atomic mass is 10.1. The molecular weight excluding hydrogens is 166 g/mol. The topological polar surface area (TPSA) is 26.0 Å². The van der Waals surface area contributed by atoms with E-state index in [2.05, 4.69) is 18.7 Å². The van der Waals surface area contributed by atoms with Gasteiger partial charge in [-0.15, -0.1) is 0 Å². The van der Waals surface area contributed by atoms with Crippen LogP contribution in [-0.4, -0.2) is 17.5 Å². The number of hydrogen-bond donors (Lipinski definition) is 1. The molecule has 0 aromatic rings. The first-order chi connectivity index (χ1) is 5.79. The zero-order valence-electron chi connectivity index (χ0n) is 8.09. The second-order valence-corrected chi connectivity index (χ2v) is 5.14. The molecule has 0 saturated heterocycles. The third kappa shape index (κ3) is 4.36. The highest BCUT2D eigenvalue weighted by Gasteiger charge is 2.14. The molecule has 2 N–H and O–H groups in total. The highest BCUT2D eigenvalue weighted by molar-refractivity contribution is 7.99. The van der Waals surface area contributed by atoms with Crippen LogP contribution >= 0.6 is 11.8 Å². The first-order valence-electron chi connectivity index (χ1n) is 5.12. The fourth-order valence-corrected chi connectivity index (χ4v) is 3.07. The molecule has 1 unspecified atom stereocenters. The molecule has 0 radical (unpaired) electrons. The molecule has 2 heteroatoms. The smallest absolute Gasteiger partial charge is 0.00183 e. The summed E-state index contributed by atoms with van der Waals surface area (Å²) in [5.41, 5.74) is 5.67. The average molecular weight is 187 g/mol. The highest BCUT2D eigenvalue weighted by atomic mass is 32.2. The van der Waals surface area contributed by atoms with Gasteiger partial charge in [-0.1, -0.05) is 12.8 Å². The molecule has 0 amide bonds. The maximum atomic E-state index is 5.67. The molecular formula is C10H21NS. The number of hydrogen-bond acceptors (Lipinski definition) is 2. The van der Waals surface area contributed by atoms with E-state index in [4.69, 9.17) is 5.73 Å². The van der Waals surface area contributed by atoms with Crippen LogP contribution in [0.25, 0.3) is 0 Å². The van der Waals surface area contributed by atoms with Crippen molar-refractivity contribution in [3.8, 4) is 0 Å². The summed E-state index contributed by atoms with van der Waals surface area (Å²) in [4.78, 5) is 0. The highest BCUT2D eigenvalue weighted by Crippen LogP contribution is 2.27. The molecule has 0 aromatic heterocycles. The van der Waals surface area contributed by atoms with Crippen LogP contribution in [0.15, 0.2) is 0 Å². The predicted octanol–water partition coefficient (Wildman–Crippen LogP) is 2.65. The molecule has 1 rings (SSSR count). The Balaban J connectivity index is 1.88. The van der Waals surface area contributed by atoms with Crippen molar-refractivity contribution in [2.75, 3.05) is 11.5 Å². The van der Waals surface area contributed by atoms with Crippen molar-refractivity contribution in [3.63, 3.8) is 0 Å². The number of nitrogens with two attached hydrogens (primary N) is 1. The summed E-state index contributed by atoms with van der Waals surface area (Å²) in [6, 6.07) is 0.390. The maximum absolute atomic E-state index is 5.67. The van der Waals surface area contributed by atoms with E-state index in [1.165, 1.54) is 43.6 Å². The first-order valence-corrected chi connectivity index (χ1v) is 6.28. The van der Waals surface area contributed by atoms with Gasteiger partial charge in [-0.3, -0.25) is 0 Å². The van der Waals surface area contributed by atoms with Crippen molar-refractivity contribution in [1.82, 2.24) is 0 Å². The second-order valence-electron chi connectivity index (χ2n) is 3.99. The largest absolute Gasteiger partial charge is 0.328 e. The van der Waals surface area contributed by atoms with Crippen molar-refractivity contribution in [2.45, 2.75) is 45.1 Å². The lowest BCUT2D eigenvalue weighted by Crippen LogP contribution is -2.15. The van der Waals surface area contributed by atoms with Crippen LogP contribution in [0.3, 0.4) is 0 Å². The quantitative estimate of drug-likeness (QED) is 0.670. The zero-order valence-corrected chi connectivity index (χ0v) is 8.91. The van der Waals surface area contributed by atoms with E-state index in [0.717, 1.165) is 5.92 Å². The molecule has 0 heterocycles. The lowest BCUT2D eigenvalue weighted by Gasteiger charge is -2.08. The van der Waals surface area contributed by atoms with Crippen molar-refractivity contribution >= 4 is 11.8 Å². The van der Waals surface area contributed by atoms with Gasteiger partial charge in [0.1, 0.15) is 0 Å². The van der Waals surface area contributed by atoms with Crippen LogP contribution in [-0.2, 0) is 0 Å². The summed E-state index contributed by atoms with van der Waals surface area (Å²) in [6.45, 7) is 2.09. The molecule has 0 bridgehead atoms. The minimum absolute atomic E-state index is 0.390. The van der Waals surface area contributed by atoms with Crippen molar-refractivity contribution in [3.05, 3.63) is 0 Å². The minimum atomic E-state index is 0.390. The van der Waals surface area contributed by atoms with E-state index in [9.17, 15) is 0 Å². The molecule has 1 aliphatic carbocycles. The Labute approximate surface area is 80.5 Å². The standard InChI is InChI=1S/C10H21NS/c1-9(11)6-7-12-8-10-4-2-3-5-10/h9-10H,2-8,11H2,1H3. The fraction of sp³-hybridized carbons (Fsp3) is 1.00. The van der Waals surface area contributed by atoms with Crippen LogP contribution in [0.2, 0.25) is 0 Å². The van der Waals surface area contributed by atoms with Gasteiger partial charge in [0.15, 0.2) is 0 Å². The van der Waals surface area contributed by atoms with E-state index in [0.29, 0.717) is 6.04 Å². The molecule has 72 valence electrons. The van der Waals surface area contributed by atoms with Gasteiger partial charge in [-0.25, -0.2) is 0 Å². The molecule has 1 nitrogen and oxygen atoms in total. The molecule has 1 aliphatic rings. The molecule has 1 saturated carbocycles. The predicted molar refractivity (Wildman–Crippen MR) is 57.5 cm³/mol. The Morgan fingerprint density at radius 2 is 2.08 bits per heavy atom. The summed E-state index contributed by atoms with van der Waals surface area (Å²) >= 11 is 2.10.